The van der Waals surface area contributed by atoms with Gasteiger partial charge in [0.25, 0.3) is 0 Å². The molecule has 0 bridgehead atoms. The molecular formula is C16H8ClF3N4. The number of alkyl halides is 3. The lowest BCUT2D eigenvalue weighted by atomic mass is 10.00. The Morgan fingerprint density at radius 2 is 1.67 bits per heavy atom. The fourth-order valence-corrected chi connectivity index (χ4v) is 2.49. The van der Waals surface area contributed by atoms with Crippen molar-refractivity contribution < 1.29 is 13.2 Å². The molecule has 3 rings (SSSR count). The maximum absolute atomic E-state index is 12.6. The second-order valence-corrected chi connectivity index (χ2v) is 5.39. The van der Waals surface area contributed by atoms with Gasteiger partial charge in [-0.3, -0.25) is 0 Å². The fraction of sp³-hybridized carbons (Fsp3) is 0.0625. The third-order valence-electron chi connectivity index (χ3n) is 3.38. The van der Waals surface area contributed by atoms with Crippen molar-refractivity contribution in [3.8, 4) is 28.5 Å². The molecule has 0 unspecified atom stereocenters. The molecule has 0 radical (unpaired) electrons. The van der Waals surface area contributed by atoms with Crippen molar-refractivity contribution in [3.05, 3.63) is 58.7 Å². The lowest BCUT2D eigenvalue weighted by Gasteiger charge is -2.09. The number of nitrogens with zero attached hydrogens (tertiary/aromatic N) is 3. The Labute approximate surface area is 139 Å². The molecule has 1 N–H and O–H groups in total. The minimum atomic E-state index is -4.39. The molecule has 3 aromatic rings. The third kappa shape index (κ3) is 3.09. The summed E-state index contributed by atoms with van der Waals surface area (Å²) in [6, 6.07) is 11.6. The van der Waals surface area contributed by atoms with Gasteiger partial charge in [0.05, 0.1) is 5.56 Å². The highest BCUT2D eigenvalue weighted by molar-refractivity contribution is 6.31. The smallest absolute Gasteiger partial charge is 0.247 e. The quantitative estimate of drug-likeness (QED) is 0.731. The number of nitriles is 1. The molecule has 0 aliphatic heterocycles. The molecule has 0 fully saturated rings. The van der Waals surface area contributed by atoms with E-state index >= 15 is 0 Å². The number of hydrogen-bond donors (Lipinski definition) is 1. The molecule has 8 heteroatoms. The van der Waals surface area contributed by atoms with Crippen LogP contribution in [-0.4, -0.2) is 15.4 Å². The van der Waals surface area contributed by atoms with E-state index in [1.165, 1.54) is 12.1 Å². The average molecular weight is 349 g/mol. The fourth-order valence-electron chi connectivity index (χ4n) is 2.25. The number of aromatic amines is 1. The molecule has 0 saturated carbocycles. The van der Waals surface area contributed by atoms with Gasteiger partial charge in [-0.25, -0.2) is 5.10 Å². The number of rotatable bonds is 2. The molecule has 0 aliphatic carbocycles. The summed E-state index contributed by atoms with van der Waals surface area (Å²) >= 11 is 6.09. The topological polar surface area (TPSA) is 65.4 Å². The van der Waals surface area contributed by atoms with Crippen LogP contribution in [0.4, 0.5) is 13.2 Å². The molecule has 0 amide bonds. The molecule has 4 nitrogen and oxygen atoms in total. The molecule has 0 aliphatic rings. The van der Waals surface area contributed by atoms with Crippen molar-refractivity contribution in [1.82, 2.24) is 15.4 Å². The van der Waals surface area contributed by atoms with Crippen molar-refractivity contribution in [2.24, 2.45) is 0 Å². The van der Waals surface area contributed by atoms with Crippen LogP contribution < -0.4 is 0 Å². The highest BCUT2D eigenvalue weighted by atomic mass is 35.5. The van der Waals surface area contributed by atoms with Crippen LogP contribution in [0, 0.1) is 11.3 Å². The van der Waals surface area contributed by atoms with Gasteiger partial charge < -0.3 is 0 Å². The molecule has 120 valence electrons. The van der Waals surface area contributed by atoms with E-state index in [0.29, 0.717) is 27.4 Å². The molecule has 2 aromatic carbocycles. The second kappa shape index (κ2) is 5.98. The van der Waals surface area contributed by atoms with E-state index in [-0.39, 0.29) is 5.69 Å². The van der Waals surface area contributed by atoms with Gasteiger partial charge in [-0.1, -0.05) is 28.9 Å². The van der Waals surface area contributed by atoms with Crippen molar-refractivity contribution in [2.75, 3.05) is 0 Å². The van der Waals surface area contributed by atoms with Crippen LogP contribution in [0.15, 0.2) is 42.5 Å². The summed E-state index contributed by atoms with van der Waals surface area (Å²) in [5.74, 6) is 0. The molecule has 24 heavy (non-hydrogen) atoms. The standard InChI is InChI=1S/C16H8ClF3N4/c17-13-6-10(9-1-3-12(4-2-9)16(18,19)20)5-11(7-13)15-14(8-21)22-24-23-15/h1-7H,(H,22,23,24). The van der Waals surface area contributed by atoms with E-state index < -0.39 is 11.7 Å². The van der Waals surface area contributed by atoms with Crippen LogP contribution in [0.2, 0.25) is 5.02 Å². The lowest BCUT2D eigenvalue weighted by Crippen LogP contribution is -2.03. The zero-order valence-corrected chi connectivity index (χ0v) is 12.7. The predicted octanol–water partition coefficient (Wildman–Crippen LogP) is 4.68. The van der Waals surface area contributed by atoms with E-state index in [1.807, 2.05) is 6.07 Å². The number of halogens is 4. The molecule has 1 heterocycles. The van der Waals surface area contributed by atoms with E-state index in [1.54, 1.807) is 18.2 Å². The van der Waals surface area contributed by atoms with Gasteiger partial charge >= 0.3 is 6.18 Å². The highest BCUT2D eigenvalue weighted by Crippen LogP contribution is 2.33. The van der Waals surface area contributed by atoms with E-state index in [4.69, 9.17) is 16.9 Å². The SMILES string of the molecule is N#Cc1[nH]nnc1-c1cc(Cl)cc(-c2ccc(C(F)(F)F)cc2)c1. The van der Waals surface area contributed by atoms with Crippen LogP contribution in [0.25, 0.3) is 22.4 Å². The summed E-state index contributed by atoms with van der Waals surface area (Å²) in [6.45, 7) is 0. The summed E-state index contributed by atoms with van der Waals surface area (Å²) < 4.78 is 37.9. The van der Waals surface area contributed by atoms with Crippen molar-refractivity contribution in [2.45, 2.75) is 6.18 Å². The van der Waals surface area contributed by atoms with Gasteiger partial charge in [0.15, 0.2) is 5.69 Å². The lowest BCUT2D eigenvalue weighted by molar-refractivity contribution is -0.137. The number of benzene rings is 2. The molecule has 1 aromatic heterocycles. The third-order valence-corrected chi connectivity index (χ3v) is 3.60. The summed E-state index contributed by atoms with van der Waals surface area (Å²) in [4.78, 5) is 0. The Bertz CT molecular complexity index is 924. The van der Waals surface area contributed by atoms with Crippen molar-refractivity contribution in [1.29, 1.82) is 5.26 Å². The minimum Gasteiger partial charge on any atom is -0.247 e. The van der Waals surface area contributed by atoms with Crippen LogP contribution in [-0.2, 0) is 6.18 Å². The minimum absolute atomic E-state index is 0.177. The monoisotopic (exact) mass is 348 g/mol. The first-order valence-corrected chi connectivity index (χ1v) is 7.06. The number of aromatic nitrogens is 3. The zero-order valence-electron chi connectivity index (χ0n) is 11.9. The summed E-state index contributed by atoms with van der Waals surface area (Å²) in [6.07, 6.45) is -4.39. The van der Waals surface area contributed by atoms with Crippen LogP contribution >= 0.6 is 11.6 Å². The molecular weight excluding hydrogens is 341 g/mol. The summed E-state index contributed by atoms with van der Waals surface area (Å²) in [5, 5.41) is 19.3. The first-order chi connectivity index (χ1) is 11.4. The van der Waals surface area contributed by atoms with Gasteiger partial charge in [-0.05, 0) is 41.5 Å². The second-order valence-electron chi connectivity index (χ2n) is 4.95. The number of nitrogens with one attached hydrogen (secondary N) is 1. The van der Waals surface area contributed by atoms with E-state index in [0.717, 1.165) is 12.1 Å². The average Bonchev–Trinajstić information content (AvgIpc) is 3.02. The first kappa shape index (κ1) is 16.0. The van der Waals surface area contributed by atoms with Crippen LogP contribution in [0.5, 0.6) is 0 Å². The molecule has 0 atom stereocenters. The molecule has 0 spiro atoms. The maximum atomic E-state index is 12.6. The van der Waals surface area contributed by atoms with Gasteiger partial charge in [0.2, 0.25) is 0 Å². The zero-order chi connectivity index (χ0) is 17.3. The summed E-state index contributed by atoms with van der Waals surface area (Å²) in [7, 11) is 0. The Morgan fingerprint density at radius 1 is 1.00 bits per heavy atom. The summed E-state index contributed by atoms with van der Waals surface area (Å²) in [5.41, 5.74) is 1.50. The Morgan fingerprint density at radius 3 is 2.29 bits per heavy atom. The van der Waals surface area contributed by atoms with Crippen molar-refractivity contribution in [3.63, 3.8) is 0 Å². The maximum Gasteiger partial charge on any atom is 0.416 e. The first-order valence-electron chi connectivity index (χ1n) is 6.68. The van der Waals surface area contributed by atoms with Gasteiger partial charge in [-0.2, -0.15) is 18.4 Å². The van der Waals surface area contributed by atoms with Gasteiger partial charge in [0.1, 0.15) is 11.8 Å². The van der Waals surface area contributed by atoms with Gasteiger partial charge in [0, 0.05) is 10.6 Å². The number of H-pyrrole nitrogens is 1. The largest absolute Gasteiger partial charge is 0.416 e. The van der Waals surface area contributed by atoms with E-state index in [9.17, 15) is 13.2 Å². The van der Waals surface area contributed by atoms with E-state index in [2.05, 4.69) is 15.4 Å². The molecule has 0 saturated heterocycles. The van der Waals surface area contributed by atoms with Crippen LogP contribution in [0.1, 0.15) is 11.3 Å². The van der Waals surface area contributed by atoms with Crippen molar-refractivity contribution >= 4 is 11.6 Å². The van der Waals surface area contributed by atoms with Gasteiger partial charge in [-0.15, -0.1) is 5.10 Å². The highest BCUT2D eigenvalue weighted by Gasteiger charge is 2.30. The Kier molecular flexibility index (Phi) is 3.99. The van der Waals surface area contributed by atoms with Crippen LogP contribution in [0.3, 0.4) is 0 Å². The predicted molar refractivity (Wildman–Crippen MR) is 82.0 cm³/mol. The Balaban J connectivity index is 2.05. The Hall–Kier alpha value is -2.85. The normalized spacial score (nSPS) is 11.3. The number of hydrogen-bond acceptors (Lipinski definition) is 3.